The number of hydrogen-bond acceptors (Lipinski definition) is 8. The van der Waals surface area contributed by atoms with E-state index in [2.05, 4.69) is 24.6 Å². The maximum atomic E-state index is 12.6. The Morgan fingerprint density at radius 1 is 1.13 bits per heavy atom. The highest BCUT2D eigenvalue weighted by Crippen LogP contribution is 2.33. The van der Waals surface area contributed by atoms with Gasteiger partial charge in [-0.25, -0.2) is 17.8 Å². The summed E-state index contributed by atoms with van der Waals surface area (Å²) in [5.41, 5.74) is 3.13. The van der Waals surface area contributed by atoms with Crippen molar-refractivity contribution in [2.75, 3.05) is 33.9 Å². The zero-order valence-electron chi connectivity index (χ0n) is 17.3. The molecule has 1 N–H and O–H groups in total. The predicted octanol–water partition coefficient (Wildman–Crippen LogP) is 2.39. The molecule has 9 nitrogen and oxygen atoms in total. The van der Waals surface area contributed by atoms with Gasteiger partial charge in [0, 0.05) is 19.6 Å². The first kappa shape index (κ1) is 23.3. The Labute approximate surface area is 187 Å². The number of fused-ring (bicyclic) bond motifs is 2. The van der Waals surface area contributed by atoms with Crippen molar-refractivity contribution < 1.29 is 22.5 Å². The lowest BCUT2D eigenvalue weighted by Gasteiger charge is -2.29. The molecule has 0 unspecified atom stereocenters. The summed E-state index contributed by atoms with van der Waals surface area (Å²) >= 11 is 0. The highest BCUT2D eigenvalue weighted by molar-refractivity contribution is 7.89. The standard InChI is InChI=1S/C20H24N4O5S.ClH/c1-27-17-11-14-7-10-24(13-15(14)12-18(17)28-2)9-4-8-21-30(25,26)19-6-3-5-16-20(19)23-29-22-16;/h3,5-6,11-12,21H,4,7-10,13H2,1-2H3;1H. The summed E-state index contributed by atoms with van der Waals surface area (Å²) in [5, 5.41) is 7.39. The number of nitrogens with one attached hydrogen (secondary N) is 1. The second-order valence-electron chi connectivity index (χ2n) is 7.14. The maximum Gasteiger partial charge on any atom is 0.242 e. The third-order valence-corrected chi connectivity index (χ3v) is 6.77. The van der Waals surface area contributed by atoms with Crippen LogP contribution in [-0.4, -0.2) is 57.5 Å². The van der Waals surface area contributed by atoms with Gasteiger partial charge in [0.1, 0.15) is 10.4 Å². The van der Waals surface area contributed by atoms with E-state index in [0.717, 1.165) is 37.6 Å². The molecule has 1 aliphatic heterocycles. The fraction of sp³-hybridized carbons (Fsp3) is 0.400. The van der Waals surface area contributed by atoms with Gasteiger partial charge in [-0.15, -0.1) is 12.4 Å². The molecule has 0 bridgehead atoms. The van der Waals surface area contributed by atoms with Crippen molar-refractivity contribution in [2.45, 2.75) is 24.3 Å². The molecule has 0 amide bonds. The zero-order chi connectivity index (χ0) is 21.1. The summed E-state index contributed by atoms with van der Waals surface area (Å²) in [6.07, 6.45) is 1.61. The van der Waals surface area contributed by atoms with E-state index in [0.29, 0.717) is 18.5 Å². The van der Waals surface area contributed by atoms with Crippen molar-refractivity contribution in [1.29, 1.82) is 0 Å². The Hall–Kier alpha value is -2.40. The molecule has 0 saturated heterocycles. The Balaban J connectivity index is 0.00000272. The van der Waals surface area contributed by atoms with Crippen molar-refractivity contribution in [3.63, 3.8) is 0 Å². The molecule has 0 fully saturated rings. The summed E-state index contributed by atoms with van der Waals surface area (Å²) in [5.74, 6) is 1.47. The zero-order valence-corrected chi connectivity index (χ0v) is 19.0. The van der Waals surface area contributed by atoms with Crippen LogP contribution < -0.4 is 14.2 Å². The van der Waals surface area contributed by atoms with E-state index < -0.39 is 10.0 Å². The Morgan fingerprint density at radius 3 is 2.61 bits per heavy atom. The molecule has 3 aromatic rings. The van der Waals surface area contributed by atoms with E-state index in [4.69, 9.17) is 9.47 Å². The Kier molecular flexibility index (Phi) is 7.37. The molecule has 0 saturated carbocycles. The van der Waals surface area contributed by atoms with E-state index in [1.807, 2.05) is 12.1 Å². The molecule has 1 aromatic heterocycles. The average molecular weight is 469 g/mol. The first-order valence-corrected chi connectivity index (χ1v) is 11.2. The van der Waals surface area contributed by atoms with E-state index in [9.17, 15) is 8.42 Å². The number of rotatable bonds is 8. The van der Waals surface area contributed by atoms with Gasteiger partial charge in [0.15, 0.2) is 17.0 Å². The summed E-state index contributed by atoms with van der Waals surface area (Å²) in [6.45, 7) is 2.83. The summed E-state index contributed by atoms with van der Waals surface area (Å²) in [6, 6.07) is 8.84. The predicted molar refractivity (Wildman–Crippen MR) is 117 cm³/mol. The minimum atomic E-state index is -3.69. The number of ether oxygens (including phenoxy) is 2. The summed E-state index contributed by atoms with van der Waals surface area (Å²) in [7, 11) is -0.416. The number of aromatic nitrogens is 2. The van der Waals surface area contributed by atoms with Crippen molar-refractivity contribution in [3.8, 4) is 11.5 Å². The van der Waals surface area contributed by atoms with Crippen LogP contribution in [0.5, 0.6) is 11.5 Å². The van der Waals surface area contributed by atoms with Crippen molar-refractivity contribution in [1.82, 2.24) is 19.9 Å². The Morgan fingerprint density at radius 2 is 1.87 bits per heavy atom. The molecule has 0 aliphatic carbocycles. The molecule has 2 aromatic carbocycles. The molecule has 168 valence electrons. The molecular formula is C20H25ClN4O5S. The number of benzene rings is 2. The normalized spacial score (nSPS) is 14.1. The number of methoxy groups -OCH3 is 2. The highest BCUT2D eigenvalue weighted by atomic mass is 35.5. The number of sulfonamides is 1. The first-order chi connectivity index (χ1) is 14.5. The van der Waals surface area contributed by atoms with Crippen molar-refractivity contribution in [3.05, 3.63) is 41.5 Å². The second kappa shape index (κ2) is 9.82. The third kappa shape index (κ3) is 4.93. The van der Waals surface area contributed by atoms with Crippen LogP contribution in [-0.2, 0) is 23.0 Å². The molecule has 2 heterocycles. The minimum absolute atomic E-state index is 0. The van der Waals surface area contributed by atoms with E-state index in [1.54, 1.807) is 26.4 Å². The maximum absolute atomic E-state index is 12.6. The van der Waals surface area contributed by atoms with Crippen LogP contribution in [0.15, 0.2) is 39.9 Å². The fourth-order valence-corrected chi connectivity index (χ4v) is 4.94. The van der Waals surface area contributed by atoms with Gasteiger partial charge >= 0.3 is 0 Å². The van der Waals surface area contributed by atoms with Crippen LogP contribution in [0, 0.1) is 0 Å². The van der Waals surface area contributed by atoms with Crippen LogP contribution in [0.3, 0.4) is 0 Å². The van der Waals surface area contributed by atoms with Gasteiger partial charge < -0.3 is 9.47 Å². The number of hydrogen-bond donors (Lipinski definition) is 1. The molecule has 0 radical (unpaired) electrons. The van der Waals surface area contributed by atoms with Gasteiger partial charge in [-0.3, -0.25) is 4.90 Å². The van der Waals surface area contributed by atoms with Crippen molar-refractivity contribution in [2.24, 2.45) is 0 Å². The fourth-order valence-electron chi connectivity index (χ4n) is 3.72. The summed E-state index contributed by atoms with van der Waals surface area (Å²) < 4.78 is 43.3. The third-order valence-electron chi connectivity index (χ3n) is 5.28. The lowest BCUT2D eigenvalue weighted by molar-refractivity contribution is 0.250. The van der Waals surface area contributed by atoms with Gasteiger partial charge in [0.2, 0.25) is 10.0 Å². The second-order valence-corrected chi connectivity index (χ2v) is 8.88. The minimum Gasteiger partial charge on any atom is -0.493 e. The molecule has 4 rings (SSSR count). The quantitative estimate of drug-likeness (QED) is 0.502. The van der Waals surface area contributed by atoms with Gasteiger partial charge in [0.25, 0.3) is 0 Å². The van der Waals surface area contributed by atoms with Gasteiger partial charge in [0.05, 0.1) is 14.2 Å². The monoisotopic (exact) mass is 468 g/mol. The van der Waals surface area contributed by atoms with Crippen LogP contribution in [0.1, 0.15) is 17.5 Å². The Bertz CT molecular complexity index is 1150. The van der Waals surface area contributed by atoms with Crippen LogP contribution in [0.25, 0.3) is 11.0 Å². The molecule has 0 spiro atoms. The van der Waals surface area contributed by atoms with Gasteiger partial charge in [-0.05, 0) is 65.1 Å². The summed E-state index contributed by atoms with van der Waals surface area (Å²) in [4.78, 5) is 2.39. The molecule has 31 heavy (non-hydrogen) atoms. The van der Waals surface area contributed by atoms with E-state index in [1.165, 1.54) is 17.2 Å². The van der Waals surface area contributed by atoms with Crippen LogP contribution in [0.4, 0.5) is 0 Å². The molecule has 1 aliphatic rings. The van der Waals surface area contributed by atoms with Crippen LogP contribution in [0.2, 0.25) is 0 Å². The molecule has 11 heteroatoms. The van der Waals surface area contributed by atoms with Crippen LogP contribution >= 0.6 is 12.4 Å². The van der Waals surface area contributed by atoms with E-state index in [-0.39, 0.29) is 22.8 Å². The van der Waals surface area contributed by atoms with Gasteiger partial charge in [-0.1, -0.05) is 6.07 Å². The molecule has 0 atom stereocenters. The average Bonchev–Trinajstić information content (AvgIpc) is 3.24. The lowest BCUT2D eigenvalue weighted by atomic mass is 9.98. The number of halogens is 1. The van der Waals surface area contributed by atoms with Gasteiger partial charge in [-0.2, -0.15) is 0 Å². The van der Waals surface area contributed by atoms with E-state index >= 15 is 0 Å². The lowest BCUT2D eigenvalue weighted by Crippen LogP contribution is -2.33. The molecular weight excluding hydrogens is 444 g/mol. The smallest absolute Gasteiger partial charge is 0.242 e. The highest BCUT2D eigenvalue weighted by Gasteiger charge is 2.21. The number of nitrogens with zero attached hydrogens (tertiary/aromatic N) is 3. The topological polar surface area (TPSA) is 107 Å². The van der Waals surface area contributed by atoms with Crippen molar-refractivity contribution >= 4 is 33.5 Å². The first-order valence-electron chi connectivity index (χ1n) is 9.69. The largest absolute Gasteiger partial charge is 0.493 e. The SMILES string of the molecule is COc1cc2c(cc1OC)CN(CCCNS(=O)(=O)c1cccc3nonc13)CC2.Cl.